The lowest BCUT2D eigenvalue weighted by Crippen LogP contribution is -2.64. The van der Waals surface area contributed by atoms with Crippen LogP contribution in [0.3, 0.4) is 0 Å². The van der Waals surface area contributed by atoms with Crippen LogP contribution in [0.15, 0.2) is 0 Å². The molecule has 0 saturated carbocycles. The molecule has 8 unspecified atom stereocenters. The molecule has 2 aliphatic heterocycles. The molecular weight excluding hydrogens is 1060 g/mol. The minimum absolute atomic E-state index is 0.0530. The Balaban J connectivity index is 2.30. The fourth-order valence-corrected chi connectivity index (χ4v) is 9.97. The van der Waals surface area contributed by atoms with Crippen molar-refractivity contribution in [1.82, 2.24) is 57.7 Å². The molecule has 25 heteroatoms. The summed E-state index contributed by atoms with van der Waals surface area (Å²) in [5.41, 5.74) is 0.746. The van der Waals surface area contributed by atoms with Crippen molar-refractivity contribution >= 4 is 70.9 Å². The molecule has 82 heavy (non-hydrogen) atoms. The molecule has 466 valence electrons. The third-order valence-corrected chi connectivity index (χ3v) is 14.5. The van der Waals surface area contributed by atoms with Gasteiger partial charge in [-0.15, -0.1) is 0 Å². The predicted octanol–water partition coefficient (Wildman–Crippen LogP) is 0.290. The summed E-state index contributed by atoms with van der Waals surface area (Å²) >= 11 is 0. The largest absolute Gasteiger partial charge is 0.394 e. The average molecular weight is 1160 g/mol. The quantitative estimate of drug-likeness (QED) is 0.0445. The first-order valence-electron chi connectivity index (χ1n) is 29.0. The van der Waals surface area contributed by atoms with E-state index in [1.54, 1.807) is 13.8 Å². The summed E-state index contributed by atoms with van der Waals surface area (Å²) in [5.74, 6) is -8.79. The van der Waals surface area contributed by atoms with Gasteiger partial charge in [-0.1, -0.05) is 69.2 Å². The fraction of sp³-hybridized carbons (Fsp3) is 0.789. The normalized spacial score (nSPS) is 18.0. The molecule has 12 N–H and O–H groups in total. The molecule has 0 aliphatic carbocycles. The second-order valence-corrected chi connectivity index (χ2v) is 25.7. The van der Waals surface area contributed by atoms with Crippen LogP contribution in [0.2, 0.25) is 0 Å². The molecule has 0 spiro atoms. The summed E-state index contributed by atoms with van der Waals surface area (Å²) in [6.45, 7) is 28.3. The smallest absolute Gasteiger partial charge is 0.248 e. The van der Waals surface area contributed by atoms with Crippen LogP contribution >= 0.6 is 0 Å². The lowest BCUT2D eigenvalue weighted by molar-refractivity contribution is -0.146. The van der Waals surface area contributed by atoms with E-state index in [-0.39, 0.29) is 81.9 Å². The van der Waals surface area contributed by atoms with Gasteiger partial charge < -0.3 is 68.5 Å². The predicted molar refractivity (Wildman–Crippen MR) is 307 cm³/mol. The van der Waals surface area contributed by atoms with E-state index >= 15 is 0 Å². The van der Waals surface area contributed by atoms with Gasteiger partial charge in [0.15, 0.2) is 0 Å². The third-order valence-electron chi connectivity index (χ3n) is 14.5. The average Bonchev–Trinajstić information content (AvgIpc) is 4.09. The van der Waals surface area contributed by atoms with Crippen LogP contribution in [-0.4, -0.2) is 170 Å². The highest BCUT2D eigenvalue weighted by atomic mass is 16.3. The molecule has 25 nitrogen and oxygen atoms in total. The number of aliphatic hydroxyl groups is 1. The maximum Gasteiger partial charge on any atom is 0.248 e. The van der Waals surface area contributed by atoms with E-state index in [0.717, 1.165) is 0 Å². The van der Waals surface area contributed by atoms with Crippen molar-refractivity contribution in [3.63, 3.8) is 0 Å². The molecule has 2 aliphatic rings. The fourth-order valence-electron chi connectivity index (χ4n) is 9.97. The summed E-state index contributed by atoms with van der Waals surface area (Å²) in [6.07, 6.45) is 1.50. The number of carbonyl (C=O) groups is 12. The molecule has 2 heterocycles. The minimum atomic E-state index is -1.65. The second-order valence-electron chi connectivity index (χ2n) is 25.7. The number of nitrogens with two attached hydrogens (primary N) is 1. The van der Waals surface area contributed by atoms with Crippen LogP contribution in [0.4, 0.5) is 0 Å². The molecule has 0 aromatic rings. The highest BCUT2D eigenvalue weighted by Gasteiger charge is 2.46. The van der Waals surface area contributed by atoms with Gasteiger partial charge in [0.25, 0.3) is 0 Å². The van der Waals surface area contributed by atoms with E-state index in [1.807, 2.05) is 55.4 Å². The summed E-state index contributed by atoms with van der Waals surface area (Å²) in [7, 11) is 0. The molecular formula is C57H100N12O13. The van der Waals surface area contributed by atoms with E-state index in [2.05, 4.69) is 47.9 Å². The molecule has 0 bridgehead atoms. The van der Waals surface area contributed by atoms with E-state index < -0.39 is 142 Å². The lowest BCUT2D eigenvalue weighted by Gasteiger charge is -2.35. The highest BCUT2D eigenvalue weighted by Crippen LogP contribution is 2.25. The molecule has 2 rings (SSSR count). The molecule has 0 aromatic carbocycles. The number of aliphatic hydroxyl groups excluding tert-OH is 1. The van der Waals surface area contributed by atoms with E-state index in [4.69, 9.17) is 5.73 Å². The molecule has 2 fully saturated rings. The van der Waals surface area contributed by atoms with Gasteiger partial charge in [-0.3, -0.25) is 57.5 Å². The van der Waals surface area contributed by atoms with Crippen molar-refractivity contribution in [2.75, 3.05) is 19.7 Å². The van der Waals surface area contributed by atoms with Crippen LogP contribution in [0.25, 0.3) is 0 Å². The van der Waals surface area contributed by atoms with Gasteiger partial charge in [-0.05, 0) is 122 Å². The highest BCUT2D eigenvalue weighted by molar-refractivity contribution is 6.00. The number of primary amides is 1. The summed E-state index contributed by atoms with van der Waals surface area (Å²) in [6, 6.07) is -8.51. The van der Waals surface area contributed by atoms with Gasteiger partial charge in [0, 0.05) is 26.4 Å². The van der Waals surface area contributed by atoms with Crippen molar-refractivity contribution in [2.24, 2.45) is 35.3 Å². The Kier molecular flexibility index (Phi) is 27.4. The summed E-state index contributed by atoms with van der Waals surface area (Å²) in [4.78, 5) is 166. The van der Waals surface area contributed by atoms with Crippen LogP contribution in [0.5, 0.6) is 0 Å². The summed E-state index contributed by atoms with van der Waals surface area (Å²) < 4.78 is 0. The Bertz CT molecular complexity index is 2300. The first kappa shape index (κ1) is 71.7. The molecule has 8 atom stereocenters. The first-order valence-corrected chi connectivity index (χ1v) is 29.0. The zero-order valence-corrected chi connectivity index (χ0v) is 51.8. The van der Waals surface area contributed by atoms with Crippen molar-refractivity contribution in [3.05, 3.63) is 0 Å². The number of nitrogens with zero attached hydrogens (tertiary/aromatic N) is 2. The van der Waals surface area contributed by atoms with Gasteiger partial charge in [-0.2, -0.15) is 0 Å². The second kappa shape index (κ2) is 31.3. The zero-order chi connectivity index (χ0) is 62.9. The Morgan fingerprint density at radius 3 is 1.28 bits per heavy atom. The van der Waals surface area contributed by atoms with Crippen molar-refractivity contribution in [2.45, 2.75) is 240 Å². The monoisotopic (exact) mass is 1160 g/mol. The standard InChI is InChI=1S/C57H100N12O13/c1-30(2)26-37(46(74)59-38(27-31(3)4)47(75)66-56(14,15)54(82)69-25-19-21-42(69)50(78)62-40(29-70)33(7)8)60-49(77)41-20-18-24-68(41)53(81)57(16,17)67-48(76)39(28-32(5)6)61-51(79)44(34(9)10)64-45(73)36(22-23-43(58)72)63-52(80)55(12,13)65-35(11)71/h30-34,36-42,44,70H,18-29H2,1-17H3,(H2,58,72)(H,59,74)(H,60,77)(H,61,79)(H,62,78)(H,63,80)(H,64,73)(H,65,71)(H,66,75)(H,67,76). The van der Waals surface area contributed by atoms with Crippen molar-refractivity contribution in [1.29, 1.82) is 0 Å². The van der Waals surface area contributed by atoms with Gasteiger partial charge in [0.05, 0.1) is 12.6 Å². The third kappa shape index (κ3) is 21.7. The topological polar surface area (TPSA) is 366 Å². The number of amides is 12. The number of nitrogens with one attached hydrogen (secondary N) is 9. The maximum absolute atomic E-state index is 14.5. The van der Waals surface area contributed by atoms with E-state index in [9.17, 15) is 62.6 Å². The lowest BCUT2D eigenvalue weighted by atomic mass is 9.97. The van der Waals surface area contributed by atoms with E-state index in [1.165, 1.54) is 58.3 Å². The number of hydrogen-bond donors (Lipinski definition) is 11. The van der Waals surface area contributed by atoms with Crippen LogP contribution in [0.1, 0.15) is 175 Å². The molecule has 12 amide bonds. The molecule has 2 saturated heterocycles. The van der Waals surface area contributed by atoms with Crippen molar-refractivity contribution < 1.29 is 62.6 Å². The Morgan fingerprint density at radius 2 is 0.902 bits per heavy atom. The summed E-state index contributed by atoms with van der Waals surface area (Å²) in [5, 5.41) is 34.2. The zero-order valence-electron chi connectivity index (χ0n) is 51.8. The Hall–Kier alpha value is -6.40. The SMILES string of the molecule is CC(=O)NC(C)(C)C(=O)NC(CCC(N)=O)C(=O)NC(C(=O)NC(CC(C)C)C(=O)NC(C)(C)C(=O)N1CCCC1C(=O)NC(CC(C)C)C(=O)NC(CC(C)C)C(=O)NC(C)(C)C(=O)N1CCCC1C(=O)NC(CO)C(C)C)C(C)C. The minimum Gasteiger partial charge on any atom is -0.394 e. The van der Waals surface area contributed by atoms with Crippen LogP contribution in [0, 0.1) is 29.6 Å². The number of likely N-dealkylation sites (tertiary alicyclic amines) is 2. The van der Waals surface area contributed by atoms with Gasteiger partial charge in [0.1, 0.15) is 58.9 Å². The Morgan fingerprint density at radius 1 is 0.500 bits per heavy atom. The van der Waals surface area contributed by atoms with Crippen LogP contribution in [-0.2, 0) is 57.5 Å². The Labute approximate surface area is 485 Å². The van der Waals surface area contributed by atoms with Gasteiger partial charge >= 0.3 is 0 Å². The van der Waals surface area contributed by atoms with Gasteiger partial charge in [-0.25, -0.2) is 0 Å². The van der Waals surface area contributed by atoms with Crippen molar-refractivity contribution in [3.8, 4) is 0 Å². The molecule has 0 radical (unpaired) electrons. The first-order chi connectivity index (χ1) is 37.8. The van der Waals surface area contributed by atoms with Gasteiger partial charge in [0.2, 0.25) is 70.9 Å². The molecule has 0 aromatic heterocycles. The number of carbonyl (C=O) groups excluding carboxylic acids is 12. The van der Waals surface area contributed by atoms with Crippen LogP contribution < -0.4 is 53.6 Å². The number of rotatable bonds is 31. The number of hydrogen-bond acceptors (Lipinski definition) is 13. The maximum atomic E-state index is 14.5. The van der Waals surface area contributed by atoms with E-state index in [0.29, 0.717) is 19.3 Å².